The van der Waals surface area contributed by atoms with Gasteiger partial charge in [0.1, 0.15) is 5.00 Å². The highest BCUT2D eigenvalue weighted by molar-refractivity contribution is 7.17. The molecule has 0 bridgehead atoms. The number of carbonyl (C=O) groups excluding carboxylic acids is 3. The second-order valence-corrected chi connectivity index (χ2v) is 6.62. The van der Waals surface area contributed by atoms with Crippen LogP contribution in [0.15, 0.2) is 0 Å². The summed E-state index contributed by atoms with van der Waals surface area (Å²) in [6, 6.07) is 0. The molecule has 1 heterocycles. The van der Waals surface area contributed by atoms with Crippen molar-refractivity contribution in [2.45, 2.75) is 45.2 Å². The normalized spacial score (nSPS) is 16.6. The first kappa shape index (κ1) is 20.2. The number of alkyl halides is 3. The molecule has 144 valence electrons. The van der Waals surface area contributed by atoms with Crippen molar-refractivity contribution in [2.75, 3.05) is 18.5 Å². The summed E-state index contributed by atoms with van der Waals surface area (Å²) < 4.78 is 47.8. The number of carbonyl (C=O) groups is 3. The molecule has 1 atom stereocenters. The van der Waals surface area contributed by atoms with Crippen LogP contribution in [0.25, 0.3) is 0 Å². The molecule has 0 saturated heterocycles. The molecule has 0 fully saturated rings. The summed E-state index contributed by atoms with van der Waals surface area (Å²) in [6.45, 7) is 3.32. The van der Waals surface area contributed by atoms with Gasteiger partial charge in [-0.1, -0.05) is 0 Å². The Balaban J connectivity index is 2.52. The summed E-state index contributed by atoms with van der Waals surface area (Å²) in [6.07, 6.45) is -3.59. The maximum absolute atomic E-state index is 12.6. The van der Waals surface area contributed by atoms with E-state index < -0.39 is 29.9 Å². The number of aryl methyl sites for hydroxylation is 1. The van der Waals surface area contributed by atoms with Gasteiger partial charge in [0.05, 0.1) is 24.7 Å². The van der Waals surface area contributed by atoms with Crippen LogP contribution in [0.1, 0.15) is 53.4 Å². The molecule has 1 N–H and O–H groups in total. The predicted octanol–water partition coefficient (Wildman–Crippen LogP) is 3.41. The zero-order valence-electron chi connectivity index (χ0n) is 14.2. The Hall–Kier alpha value is -2.10. The molecule has 10 heteroatoms. The Kier molecular flexibility index (Phi) is 6.27. The fraction of sp³-hybridized carbons (Fsp3) is 0.562. The topological polar surface area (TPSA) is 81.7 Å². The Morgan fingerprint density at radius 1 is 1.19 bits per heavy atom. The van der Waals surface area contributed by atoms with Crippen molar-refractivity contribution in [2.24, 2.45) is 0 Å². The number of esters is 2. The van der Waals surface area contributed by atoms with Crippen molar-refractivity contribution >= 4 is 34.2 Å². The van der Waals surface area contributed by atoms with E-state index in [1.54, 1.807) is 19.2 Å². The van der Waals surface area contributed by atoms with Gasteiger partial charge in [0.25, 0.3) is 0 Å². The number of halogens is 3. The summed E-state index contributed by atoms with van der Waals surface area (Å²) in [7, 11) is 0. The number of fused-ring (bicyclic) bond motifs is 1. The molecule has 1 aromatic heterocycles. The van der Waals surface area contributed by atoms with E-state index in [0.717, 1.165) is 11.3 Å². The molecule has 1 aliphatic carbocycles. The molecule has 6 nitrogen and oxygen atoms in total. The summed E-state index contributed by atoms with van der Waals surface area (Å²) in [5.74, 6) is -4.38. The van der Waals surface area contributed by atoms with Gasteiger partial charge in [-0.05, 0) is 38.7 Å². The average molecular weight is 393 g/mol. The van der Waals surface area contributed by atoms with Gasteiger partial charge < -0.3 is 14.8 Å². The Bertz CT molecular complexity index is 713. The zero-order chi connectivity index (χ0) is 19.5. The first-order valence-electron chi connectivity index (χ1n) is 8.08. The van der Waals surface area contributed by atoms with Crippen LogP contribution < -0.4 is 5.32 Å². The van der Waals surface area contributed by atoms with E-state index in [-0.39, 0.29) is 23.8 Å². The Morgan fingerprint density at radius 3 is 2.42 bits per heavy atom. The number of thiophene rings is 1. The van der Waals surface area contributed by atoms with Crippen LogP contribution in [0.3, 0.4) is 0 Å². The number of nitrogens with one attached hydrogen (secondary N) is 1. The van der Waals surface area contributed by atoms with Crippen LogP contribution in [-0.2, 0) is 25.5 Å². The van der Waals surface area contributed by atoms with Crippen LogP contribution in [0.2, 0.25) is 0 Å². The molecule has 2 rings (SSSR count). The maximum Gasteiger partial charge on any atom is 0.471 e. The van der Waals surface area contributed by atoms with Crippen molar-refractivity contribution in [1.29, 1.82) is 0 Å². The molecule has 1 aliphatic rings. The fourth-order valence-corrected chi connectivity index (χ4v) is 4.09. The lowest BCUT2D eigenvalue weighted by Crippen LogP contribution is -2.30. The quantitative estimate of drug-likeness (QED) is 0.776. The van der Waals surface area contributed by atoms with Crippen molar-refractivity contribution in [3.05, 3.63) is 16.0 Å². The molecular formula is C16H18F3NO5S. The molecule has 0 aliphatic heterocycles. The standard InChI is InChI=1S/C16H18F3NO5S/c1-3-24-13(21)8-6-5-7-9-10(8)11(14(22)25-4-2)12(26-9)20-15(23)16(17,18)19/h8H,3-7H2,1-2H3,(H,20,23). The average Bonchev–Trinajstić information content (AvgIpc) is 2.92. The number of ether oxygens (including phenoxy) is 2. The van der Waals surface area contributed by atoms with Gasteiger partial charge in [0.2, 0.25) is 0 Å². The van der Waals surface area contributed by atoms with Gasteiger partial charge in [-0.25, -0.2) is 4.79 Å². The number of hydrogen-bond acceptors (Lipinski definition) is 6. The number of anilines is 1. The van der Waals surface area contributed by atoms with Crippen LogP contribution in [-0.4, -0.2) is 37.2 Å². The monoisotopic (exact) mass is 393 g/mol. The lowest BCUT2D eigenvalue weighted by Gasteiger charge is -2.22. The van der Waals surface area contributed by atoms with E-state index in [2.05, 4.69) is 0 Å². The second kappa shape index (κ2) is 8.07. The minimum Gasteiger partial charge on any atom is -0.466 e. The summed E-state index contributed by atoms with van der Waals surface area (Å²) in [5, 5.41) is 1.48. The second-order valence-electron chi connectivity index (χ2n) is 5.51. The van der Waals surface area contributed by atoms with Gasteiger partial charge in [-0.3, -0.25) is 9.59 Å². The largest absolute Gasteiger partial charge is 0.471 e. The van der Waals surface area contributed by atoms with Gasteiger partial charge >= 0.3 is 24.0 Å². The minimum absolute atomic E-state index is 0.000182. The summed E-state index contributed by atoms with van der Waals surface area (Å²) in [4.78, 5) is 36.5. The third-order valence-electron chi connectivity index (χ3n) is 3.80. The van der Waals surface area contributed by atoms with E-state index in [9.17, 15) is 27.6 Å². The molecular weight excluding hydrogens is 375 g/mol. The molecule has 26 heavy (non-hydrogen) atoms. The first-order chi connectivity index (χ1) is 12.2. The summed E-state index contributed by atoms with van der Waals surface area (Å²) in [5.41, 5.74) is 0.109. The maximum atomic E-state index is 12.6. The van der Waals surface area contributed by atoms with E-state index in [0.29, 0.717) is 29.7 Å². The van der Waals surface area contributed by atoms with Crippen LogP contribution in [0.4, 0.5) is 18.2 Å². The molecule has 0 saturated carbocycles. The fourth-order valence-electron chi connectivity index (χ4n) is 2.80. The van der Waals surface area contributed by atoms with Gasteiger partial charge in [0.15, 0.2) is 0 Å². The first-order valence-corrected chi connectivity index (χ1v) is 8.89. The molecule has 1 aromatic rings. The Morgan fingerprint density at radius 2 is 1.85 bits per heavy atom. The van der Waals surface area contributed by atoms with Crippen molar-refractivity contribution in [1.82, 2.24) is 0 Å². The molecule has 0 radical (unpaired) electrons. The molecule has 1 unspecified atom stereocenters. The lowest BCUT2D eigenvalue weighted by atomic mass is 9.85. The van der Waals surface area contributed by atoms with Gasteiger partial charge in [-0.15, -0.1) is 11.3 Å². The zero-order valence-corrected chi connectivity index (χ0v) is 15.0. The van der Waals surface area contributed by atoms with E-state index in [4.69, 9.17) is 9.47 Å². The van der Waals surface area contributed by atoms with Gasteiger partial charge in [0, 0.05) is 4.88 Å². The summed E-state index contributed by atoms with van der Waals surface area (Å²) >= 11 is 0.859. The number of rotatable bonds is 5. The highest BCUT2D eigenvalue weighted by Crippen LogP contribution is 2.44. The highest BCUT2D eigenvalue weighted by Gasteiger charge is 2.42. The van der Waals surface area contributed by atoms with Crippen LogP contribution in [0.5, 0.6) is 0 Å². The predicted molar refractivity (Wildman–Crippen MR) is 87.3 cm³/mol. The van der Waals surface area contributed by atoms with E-state index in [1.165, 1.54) is 0 Å². The minimum atomic E-state index is -5.10. The van der Waals surface area contributed by atoms with Crippen molar-refractivity contribution < 1.29 is 37.0 Å². The smallest absolute Gasteiger partial charge is 0.466 e. The lowest BCUT2D eigenvalue weighted by molar-refractivity contribution is -0.167. The highest BCUT2D eigenvalue weighted by atomic mass is 32.1. The Labute approximate surface area is 151 Å². The van der Waals surface area contributed by atoms with Gasteiger partial charge in [-0.2, -0.15) is 13.2 Å². The van der Waals surface area contributed by atoms with E-state index in [1.807, 2.05) is 0 Å². The number of hydrogen-bond donors (Lipinski definition) is 1. The SMILES string of the molecule is CCOC(=O)c1c(NC(=O)C(F)(F)F)sc2c1C(C(=O)OCC)CCC2. The van der Waals surface area contributed by atoms with E-state index >= 15 is 0 Å². The molecule has 0 aromatic carbocycles. The molecule has 0 spiro atoms. The van der Waals surface area contributed by atoms with Crippen molar-refractivity contribution in [3.8, 4) is 0 Å². The number of amides is 1. The third-order valence-corrected chi connectivity index (χ3v) is 4.98. The van der Waals surface area contributed by atoms with Crippen LogP contribution in [0, 0.1) is 0 Å². The third kappa shape index (κ3) is 4.17. The van der Waals surface area contributed by atoms with Crippen LogP contribution >= 0.6 is 11.3 Å². The molecule has 1 amide bonds. The van der Waals surface area contributed by atoms with Crippen molar-refractivity contribution in [3.63, 3.8) is 0 Å².